The Bertz CT molecular complexity index is 445. The highest BCUT2D eigenvalue weighted by Gasteiger charge is 2.06. The Kier molecular flexibility index (Phi) is 2.17. The van der Waals surface area contributed by atoms with Crippen LogP contribution in [0, 0.1) is 0 Å². The van der Waals surface area contributed by atoms with Gasteiger partial charge in [-0.3, -0.25) is 0 Å². The fourth-order valence-electron chi connectivity index (χ4n) is 1.67. The number of fused-ring (bicyclic) bond motifs is 1. The minimum Gasteiger partial charge on any atom is -0.506 e. The van der Waals surface area contributed by atoms with Crippen molar-refractivity contribution < 1.29 is 5.11 Å². The number of aromatic amines is 1. The van der Waals surface area contributed by atoms with Gasteiger partial charge in [-0.15, -0.1) is 0 Å². The summed E-state index contributed by atoms with van der Waals surface area (Å²) >= 11 is 0. The molecular formula is C11H14N2O. The average molecular weight is 190 g/mol. The van der Waals surface area contributed by atoms with E-state index in [2.05, 4.69) is 9.88 Å². The molecule has 3 heteroatoms. The Hall–Kier alpha value is -1.48. The van der Waals surface area contributed by atoms with Crippen LogP contribution in [0.3, 0.4) is 0 Å². The number of phenols is 1. The molecule has 2 N–H and O–H groups in total. The van der Waals surface area contributed by atoms with Gasteiger partial charge in [0.05, 0.1) is 5.52 Å². The van der Waals surface area contributed by atoms with Crippen LogP contribution in [0.25, 0.3) is 10.9 Å². The summed E-state index contributed by atoms with van der Waals surface area (Å²) in [4.78, 5) is 5.19. The maximum atomic E-state index is 9.57. The number of H-pyrrole nitrogens is 1. The molecule has 0 radical (unpaired) electrons. The van der Waals surface area contributed by atoms with E-state index in [9.17, 15) is 5.11 Å². The Morgan fingerprint density at radius 2 is 2.14 bits per heavy atom. The zero-order valence-corrected chi connectivity index (χ0v) is 8.41. The molecule has 0 bridgehead atoms. The van der Waals surface area contributed by atoms with Crippen LogP contribution >= 0.6 is 0 Å². The predicted octanol–water partition coefficient (Wildman–Crippen LogP) is 1.94. The van der Waals surface area contributed by atoms with Crippen molar-refractivity contribution in [3.63, 3.8) is 0 Å². The van der Waals surface area contributed by atoms with Gasteiger partial charge >= 0.3 is 0 Å². The first-order valence-corrected chi connectivity index (χ1v) is 4.61. The maximum absolute atomic E-state index is 9.57. The van der Waals surface area contributed by atoms with Gasteiger partial charge in [0.25, 0.3) is 0 Å². The largest absolute Gasteiger partial charge is 0.506 e. The van der Waals surface area contributed by atoms with E-state index >= 15 is 0 Å². The Labute approximate surface area is 83.0 Å². The van der Waals surface area contributed by atoms with Crippen LogP contribution in [-0.4, -0.2) is 29.1 Å². The first-order valence-electron chi connectivity index (χ1n) is 4.61. The molecule has 74 valence electrons. The van der Waals surface area contributed by atoms with E-state index in [1.54, 1.807) is 6.07 Å². The molecule has 0 aliphatic heterocycles. The molecule has 1 aromatic heterocycles. The highest BCUT2D eigenvalue weighted by atomic mass is 16.3. The number of rotatable bonds is 2. The fourth-order valence-corrected chi connectivity index (χ4v) is 1.67. The Morgan fingerprint density at radius 1 is 1.36 bits per heavy atom. The van der Waals surface area contributed by atoms with Crippen LogP contribution in [0.4, 0.5) is 0 Å². The number of nitrogens with one attached hydrogen (secondary N) is 1. The molecule has 2 aromatic rings. The summed E-state index contributed by atoms with van der Waals surface area (Å²) < 4.78 is 0. The number of hydrogen-bond donors (Lipinski definition) is 2. The van der Waals surface area contributed by atoms with Gasteiger partial charge in [-0.2, -0.15) is 0 Å². The number of aromatic hydroxyl groups is 1. The van der Waals surface area contributed by atoms with Gasteiger partial charge in [0.2, 0.25) is 0 Å². The summed E-state index contributed by atoms with van der Waals surface area (Å²) in [6, 6.07) is 5.58. The van der Waals surface area contributed by atoms with Crippen molar-refractivity contribution in [3.8, 4) is 5.75 Å². The van der Waals surface area contributed by atoms with Crippen molar-refractivity contribution in [3.05, 3.63) is 30.0 Å². The molecule has 0 spiro atoms. The number of benzene rings is 1. The predicted molar refractivity (Wildman–Crippen MR) is 57.4 cm³/mol. The van der Waals surface area contributed by atoms with E-state index in [-0.39, 0.29) is 0 Å². The lowest BCUT2D eigenvalue weighted by Crippen LogP contribution is -2.09. The van der Waals surface area contributed by atoms with Gasteiger partial charge in [0.1, 0.15) is 5.75 Å². The topological polar surface area (TPSA) is 39.3 Å². The van der Waals surface area contributed by atoms with Crippen LogP contribution < -0.4 is 0 Å². The van der Waals surface area contributed by atoms with Crippen molar-refractivity contribution in [1.82, 2.24) is 9.88 Å². The van der Waals surface area contributed by atoms with Gasteiger partial charge in [-0.25, -0.2) is 0 Å². The molecular weight excluding hydrogens is 176 g/mol. The third-order valence-electron chi connectivity index (χ3n) is 2.27. The quantitative estimate of drug-likeness (QED) is 0.759. The first-order chi connectivity index (χ1) is 6.68. The molecule has 0 aliphatic carbocycles. The maximum Gasteiger partial charge on any atom is 0.139 e. The molecule has 14 heavy (non-hydrogen) atoms. The normalized spacial score (nSPS) is 11.4. The van der Waals surface area contributed by atoms with Crippen LogP contribution in [0.2, 0.25) is 0 Å². The minimum atomic E-state index is 0.313. The number of para-hydroxylation sites is 1. The molecule has 0 saturated heterocycles. The number of aromatic nitrogens is 1. The number of phenolic OH excluding ortho intramolecular Hbond substituents is 1. The van der Waals surface area contributed by atoms with Crippen molar-refractivity contribution in [1.29, 1.82) is 0 Å². The lowest BCUT2D eigenvalue weighted by atomic mass is 10.1. The zero-order chi connectivity index (χ0) is 10.1. The van der Waals surface area contributed by atoms with Crippen molar-refractivity contribution in [2.45, 2.75) is 6.54 Å². The van der Waals surface area contributed by atoms with E-state index in [1.165, 1.54) is 5.56 Å². The molecule has 1 aromatic carbocycles. The standard InChI is InChI=1S/C11H14N2O/c1-13(2)7-8-6-12-11-9(8)4-3-5-10(11)14/h3-6,12,14H,7H2,1-2H3. The molecule has 2 rings (SSSR count). The summed E-state index contributed by atoms with van der Waals surface area (Å²) in [7, 11) is 4.06. The molecule has 0 fully saturated rings. The van der Waals surface area contributed by atoms with Gasteiger partial charge in [0, 0.05) is 18.1 Å². The van der Waals surface area contributed by atoms with Crippen molar-refractivity contribution in [2.24, 2.45) is 0 Å². The molecule has 0 unspecified atom stereocenters. The van der Waals surface area contributed by atoms with E-state index in [4.69, 9.17) is 0 Å². The number of nitrogens with zero attached hydrogens (tertiary/aromatic N) is 1. The highest BCUT2D eigenvalue weighted by molar-refractivity contribution is 5.87. The van der Waals surface area contributed by atoms with Crippen LogP contribution in [-0.2, 0) is 6.54 Å². The van der Waals surface area contributed by atoms with Gasteiger partial charge in [-0.1, -0.05) is 12.1 Å². The van der Waals surface area contributed by atoms with E-state index in [0.29, 0.717) is 5.75 Å². The third kappa shape index (κ3) is 1.46. The third-order valence-corrected chi connectivity index (χ3v) is 2.27. The van der Waals surface area contributed by atoms with Crippen molar-refractivity contribution in [2.75, 3.05) is 14.1 Å². The molecule has 0 amide bonds. The van der Waals surface area contributed by atoms with E-state index in [1.807, 2.05) is 32.4 Å². The molecule has 3 nitrogen and oxygen atoms in total. The second-order valence-electron chi connectivity index (χ2n) is 3.75. The van der Waals surface area contributed by atoms with Crippen LogP contribution in [0.1, 0.15) is 5.56 Å². The first kappa shape index (κ1) is 9.09. The average Bonchev–Trinajstić information content (AvgIpc) is 2.49. The Balaban J connectivity index is 2.52. The molecule has 1 heterocycles. The summed E-state index contributed by atoms with van der Waals surface area (Å²) in [5.74, 6) is 0.313. The second-order valence-corrected chi connectivity index (χ2v) is 3.75. The van der Waals surface area contributed by atoms with E-state index in [0.717, 1.165) is 17.4 Å². The monoisotopic (exact) mass is 190 g/mol. The number of hydrogen-bond acceptors (Lipinski definition) is 2. The fraction of sp³-hybridized carbons (Fsp3) is 0.273. The van der Waals surface area contributed by atoms with Crippen LogP contribution in [0.15, 0.2) is 24.4 Å². The summed E-state index contributed by atoms with van der Waals surface area (Å²) in [5, 5.41) is 10.7. The van der Waals surface area contributed by atoms with Crippen LogP contribution in [0.5, 0.6) is 5.75 Å². The molecule has 0 saturated carbocycles. The minimum absolute atomic E-state index is 0.313. The molecule has 0 atom stereocenters. The SMILES string of the molecule is CN(C)Cc1c[nH]c2c(O)cccc12. The molecule has 0 aliphatic rings. The Morgan fingerprint density at radius 3 is 2.86 bits per heavy atom. The van der Waals surface area contributed by atoms with Gasteiger partial charge in [0.15, 0.2) is 0 Å². The second kappa shape index (κ2) is 3.35. The highest BCUT2D eigenvalue weighted by Crippen LogP contribution is 2.26. The lowest BCUT2D eigenvalue weighted by Gasteiger charge is -2.07. The van der Waals surface area contributed by atoms with Crippen molar-refractivity contribution >= 4 is 10.9 Å². The summed E-state index contributed by atoms with van der Waals surface area (Å²) in [6.45, 7) is 0.878. The van der Waals surface area contributed by atoms with E-state index < -0.39 is 0 Å². The lowest BCUT2D eigenvalue weighted by molar-refractivity contribution is 0.404. The summed E-state index contributed by atoms with van der Waals surface area (Å²) in [6.07, 6.45) is 1.95. The van der Waals surface area contributed by atoms with Gasteiger partial charge < -0.3 is 15.0 Å². The smallest absolute Gasteiger partial charge is 0.139 e. The zero-order valence-electron chi connectivity index (χ0n) is 8.41. The van der Waals surface area contributed by atoms with Gasteiger partial charge in [-0.05, 0) is 25.7 Å². The summed E-state index contributed by atoms with van der Waals surface area (Å²) in [5.41, 5.74) is 2.03.